The van der Waals surface area contributed by atoms with E-state index < -0.39 is 11.6 Å². The molecular formula is C22H32F2Si. The molecule has 3 rings (SSSR count). The highest BCUT2D eigenvalue weighted by atomic mass is 28.2. The van der Waals surface area contributed by atoms with Gasteiger partial charge in [-0.25, -0.2) is 8.78 Å². The lowest BCUT2D eigenvalue weighted by Crippen LogP contribution is -2.34. The van der Waals surface area contributed by atoms with Crippen LogP contribution in [0, 0.1) is 23.0 Å². The van der Waals surface area contributed by atoms with E-state index in [4.69, 9.17) is 0 Å². The Morgan fingerprint density at radius 1 is 1.00 bits per heavy atom. The van der Waals surface area contributed by atoms with Crippen LogP contribution in [0.1, 0.15) is 83.1 Å². The predicted octanol–water partition coefficient (Wildman–Crippen LogP) is 7.14. The van der Waals surface area contributed by atoms with Crippen LogP contribution in [0.4, 0.5) is 8.78 Å². The second kappa shape index (κ2) is 8.33. The van der Waals surface area contributed by atoms with Crippen LogP contribution in [-0.2, 0) is 0 Å². The molecule has 2 fully saturated rings. The van der Waals surface area contributed by atoms with Gasteiger partial charge < -0.3 is 0 Å². The first-order valence-corrected chi connectivity index (χ1v) is 11.5. The summed E-state index contributed by atoms with van der Waals surface area (Å²) in [4.78, 5) is 0. The van der Waals surface area contributed by atoms with Gasteiger partial charge >= 0.3 is 0 Å². The highest BCUT2D eigenvalue weighted by molar-refractivity contribution is 6.37. The number of hydrogen-bond donors (Lipinski definition) is 0. The van der Waals surface area contributed by atoms with Crippen LogP contribution in [0.3, 0.4) is 0 Å². The molecule has 0 amide bonds. The first-order valence-electron chi connectivity index (χ1n) is 10.2. The molecular weight excluding hydrogens is 330 g/mol. The lowest BCUT2D eigenvalue weighted by atomic mass is 9.61. The van der Waals surface area contributed by atoms with Crippen molar-refractivity contribution in [3.63, 3.8) is 0 Å². The number of halogens is 2. The third kappa shape index (κ3) is 4.53. The first kappa shape index (κ1) is 19.1. The Bertz CT molecular complexity index is 555. The van der Waals surface area contributed by atoms with E-state index in [0.717, 1.165) is 29.9 Å². The third-order valence-electron chi connectivity index (χ3n) is 6.94. The summed E-state index contributed by atoms with van der Waals surface area (Å²) in [6, 6.07) is 5.91. The van der Waals surface area contributed by atoms with Crippen molar-refractivity contribution < 1.29 is 8.78 Å². The van der Waals surface area contributed by atoms with Crippen molar-refractivity contribution in [3.05, 3.63) is 35.4 Å². The molecule has 2 radical (unpaired) electrons. The second-order valence-corrected chi connectivity index (χ2v) is 10.3. The summed E-state index contributed by atoms with van der Waals surface area (Å²) in [5, 5.41) is 0. The van der Waals surface area contributed by atoms with Crippen molar-refractivity contribution in [2.75, 3.05) is 0 Å². The summed E-state index contributed by atoms with van der Waals surface area (Å²) in [7, 11) is 1.18. The fraction of sp³-hybridized carbons (Fsp3) is 0.727. The molecule has 2 saturated carbocycles. The molecule has 1 aromatic carbocycles. The van der Waals surface area contributed by atoms with Crippen molar-refractivity contribution in [3.8, 4) is 0 Å². The molecule has 3 heteroatoms. The zero-order valence-corrected chi connectivity index (χ0v) is 16.8. The Balaban J connectivity index is 1.52. The number of rotatable bonds is 5. The van der Waals surface area contributed by atoms with Crippen molar-refractivity contribution in [2.45, 2.75) is 89.1 Å². The first-order chi connectivity index (χ1) is 12.0. The van der Waals surface area contributed by atoms with Gasteiger partial charge in [-0.1, -0.05) is 45.2 Å². The van der Waals surface area contributed by atoms with Gasteiger partial charge in [0, 0.05) is 9.52 Å². The molecule has 0 atom stereocenters. The van der Waals surface area contributed by atoms with Crippen molar-refractivity contribution in [1.29, 1.82) is 0 Å². The summed E-state index contributed by atoms with van der Waals surface area (Å²) in [6.45, 7) is 4.82. The van der Waals surface area contributed by atoms with Gasteiger partial charge in [-0.2, -0.15) is 0 Å². The molecule has 0 bridgehead atoms. The molecule has 0 heterocycles. The minimum Gasteiger partial charge on any atom is -0.204 e. The van der Waals surface area contributed by atoms with E-state index in [1.54, 1.807) is 6.07 Å². The maximum absolute atomic E-state index is 13.5. The Morgan fingerprint density at radius 3 is 2.28 bits per heavy atom. The largest absolute Gasteiger partial charge is 0.204 e. The van der Waals surface area contributed by atoms with Gasteiger partial charge in [0.1, 0.15) is 0 Å². The Labute approximate surface area is 154 Å². The third-order valence-corrected chi connectivity index (χ3v) is 8.88. The zero-order valence-electron chi connectivity index (χ0n) is 15.8. The maximum Gasteiger partial charge on any atom is 0.159 e. The van der Waals surface area contributed by atoms with E-state index >= 15 is 0 Å². The molecule has 1 aromatic rings. The van der Waals surface area contributed by atoms with Crippen LogP contribution in [-0.4, -0.2) is 9.52 Å². The number of benzene rings is 1. The van der Waals surface area contributed by atoms with E-state index in [0.29, 0.717) is 11.3 Å². The van der Waals surface area contributed by atoms with E-state index in [9.17, 15) is 8.78 Å². The molecule has 138 valence electrons. The highest BCUT2D eigenvalue weighted by Gasteiger charge is 2.39. The molecule has 0 aliphatic heterocycles. The van der Waals surface area contributed by atoms with Crippen LogP contribution in [0.25, 0.3) is 0 Å². The van der Waals surface area contributed by atoms with Crippen molar-refractivity contribution >= 4 is 9.52 Å². The molecule has 25 heavy (non-hydrogen) atoms. The van der Waals surface area contributed by atoms with Crippen LogP contribution < -0.4 is 0 Å². The fourth-order valence-corrected chi connectivity index (χ4v) is 6.52. The quantitative estimate of drug-likeness (QED) is 0.488. The van der Waals surface area contributed by atoms with E-state index in [1.807, 2.05) is 0 Å². The van der Waals surface area contributed by atoms with Gasteiger partial charge in [0.05, 0.1) is 0 Å². The molecule has 0 aromatic heterocycles. The Kier molecular flexibility index (Phi) is 6.35. The van der Waals surface area contributed by atoms with Gasteiger partial charge in [0.2, 0.25) is 0 Å². The average molecular weight is 363 g/mol. The van der Waals surface area contributed by atoms with E-state index in [2.05, 4.69) is 13.8 Å². The SMILES string of the molecule is CCC[Si]C1CCC(C)(C2CCC(c3ccc(F)c(F)c3)CC2)CC1. The Hall–Kier alpha value is -0.703. The van der Waals surface area contributed by atoms with Gasteiger partial charge in [0.15, 0.2) is 11.6 Å². The van der Waals surface area contributed by atoms with Gasteiger partial charge in [-0.3, -0.25) is 0 Å². The highest BCUT2D eigenvalue weighted by Crippen LogP contribution is 2.52. The van der Waals surface area contributed by atoms with Crippen molar-refractivity contribution in [2.24, 2.45) is 11.3 Å². The summed E-state index contributed by atoms with van der Waals surface area (Å²) >= 11 is 0. The molecule has 0 saturated heterocycles. The summed E-state index contributed by atoms with van der Waals surface area (Å²) in [5.41, 5.74) is 2.50. The fourth-order valence-electron chi connectivity index (χ4n) is 5.13. The molecule has 2 aliphatic carbocycles. The van der Waals surface area contributed by atoms with Gasteiger partial charge in [-0.15, -0.1) is 0 Å². The second-order valence-electron chi connectivity index (χ2n) is 8.60. The topological polar surface area (TPSA) is 0 Å². The molecule has 0 N–H and O–H groups in total. The summed E-state index contributed by atoms with van der Waals surface area (Å²) < 4.78 is 26.7. The Morgan fingerprint density at radius 2 is 1.68 bits per heavy atom. The molecule has 0 spiro atoms. The standard InChI is InChI=1S/C22H32F2Si/c1-3-14-25-19-10-12-22(2,13-11-19)18-7-4-16(5-8-18)17-6-9-20(23)21(24)15-17/h6,9,15-16,18-19H,3-5,7-8,10-14H2,1-2H3. The lowest BCUT2D eigenvalue weighted by molar-refractivity contribution is 0.0824. The summed E-state index contributed by atoms with van der Waals surface area (Å²) in [6.07, 6.45) is 11.8. The molecule has 0 nitrogen and oxygen atoms in total. The minimum atomic E-state index is -0.731. The zero-order chi connectivity index (χ0) is 17.9. The monoisotopic (exact) mass is 362 g/mol. The average Bonchev–Trinajstić information content (AvgIpc) is 2.64. The van der Waals surface area contributed by atoms with Gasteiger partial charge in [0.25, 0.3) is 0 Å². The van der Waals surface area contributed by atoms with Gasteiger partial charge in [-0.05, 0) is 79.0 Å². The number of hydrogen-bond acceptors (Lipinski definition) is 0. The van der Waals surface area contributed by atoms with Crippen LogP contribution in [0.15, 0.2) is 18.2 Å². The van der Waals surface area contributed by atoms with Crippen LogP contribution in [0.2, 0.25) is 11.6 Å². The smallest absolute Gasteiger partial charge is 0.159 e. The normalized spacial score (nSPS) is 33.4. The van der Waals surface area contributed by atoms with Crippen LogP contribution >= 0.6 is 0 Å². The summed E-state index contributed by atoms with van der Waals surface area (Å²) in [5.74, 6) is -0.190. The van der Waals surface area contributed by atoms with Crippen LogP contribution in [0.5, 0.6) is 0 Å². The lowest BCUT2D eigenvalue weighted by Gasteiger charge is -2.46. The maximum atomic E-state index is 13.5. The molecule has 2 aliphatic rings. The minimum absolute atomic E-state index is 0.414. The van der Waals surface area contributed by atoms with E-state index in [1.165, 1.54) is 72.6 Å². The van der Waals surface area contributed by atoms with Crippen molar-refractivity contribution in [1.82, 2.24) is 0 Å². The van der Waals surface area contributed by atoms with E-state index in [-0.39, 0.29) is 0 Å². The molecule has 0 unspecified atom stereocenters. The predicted molar refractivity (Wildman–Crippen MR) is 102 cm³/mol.